The predicted octanol–water partition coefficient (Wildman–Crippen LogP) is 1.31. The molecule has 0 saturated heterocycles. The van der Waals surface area contributed by atoms with Gasteiger partial charge in [-0.2, -0.15) is 0 Å². The average molecular weight is 174 g/mol. The number of hydrogen-bond acceptors (Lipinski definition) is 1. The van der Waals surface area contributed by atoms with Crippen molar-refractivity contribution in [1.29, 1.82) is 0 Å². The normalized spacial score (nSPS) is 15.8. The molecular formula is C10H8BFO. The van der Waals surface area contributed by atoms with Crippen molar-refractivity contribution in [3.63, 3.8) is 0 Å². The Balaban J connectivity index is 2.56. The molecule has 1 aromatic rings. The van der Waals surface area contributed by atoms with Crippen LogP contribution in [0.4, 0.5) is 4.39 Å². The first-order valence-corrected chi connectivity index (χ1v) is 4.26. The number of aldehydes is 1. The van der Waals surface area contributed by atoms with Gasteiger partial charge >= 0.3 is 0 Å². The van der Waals surface area contributed by atoms with E-state index in [0.717, 1.165) is 18.4 Å². The maximum atomic E-state index is 13.2. The molecule has 1 aromatic carbocycles. The van der Waals surface area contributed by atoms with Crippen LogP contribution in [-0.4, -0.2) is 14.1 Å². The molecule has 1 saturated carbocycles. The summed E-state index contributed by atoms with van der Waals surface area (Å²) in [6, 6.07) is 2.89. The Labute approximate surface area is 77.4 Å². The topological polar surface area (TPSA) is 17.1 Å². The molecular weight excluding hydrogens is 166 g/mol. The van der Waals surface area contributed by atoms with Gasteiger partial charge < -0.3 is 0 Å². The average Bonchev–Trinajstić information content (AvgIpc) is 2.85. The Morgan fingerprint density at radius 3 is 2.69 bits per heavy atom. The first-order chi connectivity index (χ1) is 6.22. The van der Waals surface area contributed by atoms with Crippen LogP contribution in [0.25, 0.3) is 0 Å². The number of carbonyl (C=O) groups is 1. The number of carbonyl (C=O) groups excluding carboxylic acids is 1. The minimum absolute atomic E-state index is 0.178. The predicted molar refractivity (Wildman–Crippen MR) is 49.2 cm³/mol. The van der Waals surface area contributed by atoms with Crippen LogP contribution in [0.1, 0.15) is 34.7 Å². The standard InChI is InChI=1S/C10H8BFO/c11-7-3-8(6-1-2-6)9(5-13)10(12)4-7/h3-6H,1-2H2. The molecule has 0 aliphatic heterocycles. The molecule has 0 atom stereocenters. The highest BCUT2D eigenvalue weighted by Gasteiger charge is 2.27. The van der Waals surface area contributed by atoms with Crippen molar-refractivity contribution in [2.75, 3.05) is 0 Å². The van der Waals surface area contributed by atoms with Crippen LogP contribution >= 0.6 is 0 Å². The third kappa shape index (κ3) is 1.51. The van der Waals surface area contributed by atoms with Gasteiger partial charge in [-0.25, -0.2) is 4.39 Å². The van der Waals surface area contributed by atoms with Gasteiger partial charge in [0.2, 0.25) is 0 Å². The fourth-order valence-corrected chi connectivity index (χ4v) is 1.52. The maximum absolute atomic E-state index is 13.2. The first kappa shape index (κ1) is 8.48. The SMILES string of the molecule is [B]c1cc(F)c(C=O)c(C2CC2)c1. The van der Waals surface area contributed by atoms with E-state index in [4.69, 9.17) is 7.85 Å². The Morgan fingerprint density at radius 1 is 1.46 bits per heavy atom. The number of hydrogen-bond donors (Lipinski definition) is 0. The highest BCUT2D eigenvalue weighted by Crippen LogP contribution is 2.41. The molecule has 1 fully saturated rings. The second-order valence-electron chi connectivity index (χ2n) is 3.40. The minimum Gasteiger partial charge on any atom is -0.298 e. The van der Waals surface area contributed by atoms with Crippen molar-refractivity contribution in [3.8, 4) is 0 Å². The van der Waals surface area contributed by atoms with Gasteiger partial charge in [0.25, 0.3) is 0 Å². The van der Waals surface area contributed by atoms with Crippen molar-refractivity contribution in [3.05, 3.63) is 29.1 Å². The van der Waals surface area contributed by atoms with Gasteiger partial charge in [0, 0.05) is 0 Å². The number of benzene rings is 1. The summed E-state index contributed by atoms with van der Waals surface area (Å²) in [6.07, 6.45) is 2.63. The molecule has 0 amide bonds. The van der Waals surface area contributed by atoms with E-state index >= 15 is 0 Å². The molecule has 0 bridgehead atoms. The molecule has 0 heterocycles. The number of rotatable bonds is 2. The molecule has 1 aliphatic rings. The Kier molecular flexibility index (Phi) is 1.95. The second-order valence-corrected chi connectivity index (χ2v) is 3.40. The van der Waals surface area contributed by atoms with Gasteiger partial charge in [-0.15, -0.1) is 0 Å². The van der Waals surface area contributed by atoms with Crippen molar-refractivity contribution >= 4 is 19.6 Å². The Morgan fingerprint density at radius 2 is 2.15 bits per heavy atom. The lowest BCUT2D eigenvalue weighted by Gasteiger charge is -2.05. The van der Waals surface area contributed by atoms with E-state index < -0.39 is 5.82 Å². The summed E-state index contributed by atoms with van der Waals surface area (Å²) in [5.41, 5.74) is 1.34. The van der Waals surface area contributed by atoms with Crippen LogP contribution in [0.5, 0.6) is 0 Å². The molecule has 0 N–H and O–H groups in total. The zero-order valence-electron chi connectivity index (χ0n) is 7.09. The highest BCUT2D eigenvalue weighted by atomic mass is 19.1. The zero-order chi connectivity index (χ0) is 9.42. The molecule has 1 aliphatic carbocycles. The molecule has 3 heteroatoms. The summed E-state index contributed by atoms with van der Waals surface area (Å²) in [7, 11) is 5.49. The van der Waals surface area contributed by atoms with E-state index in [1.54, 1.807) is 6.07 Å². The summed E-state index contributed by atoms with van der Waals surface area (Å²) in [5, 5.41) is 0. The lowest BCUT2D eigenvalue weighted by molar-refractivity contribution is 0.111. The molecule has 0 aromatic heterocycles. The molecule has 2 rings (SSSR count). The van der Waals surface area contributed by atoms with E-state index in [-0.39, 0.29) is 5.56 Å². The first-order valence-electron chi connectivity index (χ1n) is 4.26. The van der Waals surface area contributed by atoms with E-state index in [9.17, 15) is 9.18 Å². The van der Waals surface area contributed by atoms with E-state index in [1.165, 1.54) is 6.07 Å². The largest absolute Gasteiger partial charge is 0.298 e. The summed E-state index contributed by atoms with van der Waals surface area (Å²) >= 11 is 0. The maximum Gasteiger partial charge on any atom is 0.153 e. The van der Waals surface area contributed by atoms with Crippen LogP contribution in [0.2, 0.25) is 0 Å². The third-order valence-corrected chi connectivity index (χ3v) is 2.32. The van der Waals surface area contributed by atoms with Crippen LogP contribution in [0.15, 0.2) is 12.1 Å². The van der Waals surface area contributed by atoms with Gasteiger partial charge in [-0.05, 0) is 30.4 Å². The Hall–Kier alpha value is -1.12. The summed E-state index contributed by atoms with van der Waals surface area (Å²) in [5.74, 6) is -0.157. The monoisotopic (exact) mass is 174 g/mol. The third-order valence-electron chi connectivity index (χ3n) is 2.32. The summed E-state index contributed by atoms with van der Waals surface area (Å²) in [4.78, 5) is 10.6. The van der Waals surface area contributed by atoms with Gasteiger partial charge in [0.15, 0.2) is 6.29 Å². The fourth-order valence-electron chi connectivity index (χ4n) is 1.52. The number of halogens is 1. The quantitative estimate of drug-likeness (QED) is 0.487. The van der Waals surface area contributed by atoms with Gasteiger partial charge in [-0.3, -0.25) is 4.79 Å². The molecule has 13 heavy (non-hydrogen) atoms. The van der Waals surface area contributed by atoms with Gasteiger partial charge in [0.05, 0.1) is 5.56 Å². The van der Waals surface area contributed by atoms with E-state index in [2.05, 4.69) is 0 Å². The lowest BCUT2D eigenvalue weighted by atomic mass is 9.90. The van der Waals surface area contributed by atoms with E-state index in [0.29, 0.717) is 17.7 Å². The van der Waals surface area contributed by atoms with Crippen LogP contribution in [0.3, 0.4) is 0 Å². The zero-order valence-corrected chi connectivity index (χ0v) is 7.09. The van der Waals surface area contributed by atoms with E-state index in [1.807, 2.05) is 0 Å². The van der Waals surface area contributed by atoms with Gasteiger partial charge in [0.1, 0.15) is 13.7 Å². The molecule has 64 valence electrons. The fraction of sp³-hybridized carbons (Fsp3) is 0.300. The lowest BCUT2D eigenvalue weighted by Crippen LogP contribution is -2.08. The molecule has 1 nitrogen and oxygen atoms in total. The minimum atomic E-state index is -0.503. The molecule has 0 spiro atoms. The Bertz CT molecular complexity index is 358. The van der Waals surface area contributed by atoms with Crippen molar-refractivity contribution in [2.45, 2.75) is 18.8 Å². The second kappa shape index (κ2) is 2.98. The van der Waals surface area contributed by atoms with Crippen LogP contribution < -0.4 is 5.46 Å². The summed E-state index contributed by atoms with van der Waals surface area (Å²) in [6.45, 7) is 0. The highest BCUT2D eigenvalue weighted by molar-refractivity contribution is 6.32. The smallest absolute Gasteiger partial charge is 0.153 e. The summed E-state index contributed by atoms with van der Waals surface area (Å²) < 4.78 is 13.2. The molecule has 2 radical (unpaired) electrons. The van der Waals surface area contributed by atoms with Crippen LogP contribution in [0, 0.1) is 5.82 Å². The van der Waals surface area contributed by atoms with Crippen molar-refractivity contribution in [2.24, 2.45) is 0 Å². The van der Waals surface area contributed by atoms with Gasteiger partial charge in [-0.1, -0.05) is 11.5 Å². The molecule has 0 unspecified atom stereocenters. The van der Waals surface area contributed by atoms with Crippen molar-refractivity contribution in [1.82, 2.24) is 0 Å². The van der Waals surface area contributed by atoms with Crippen LogP contribution in [-0.2, 0) is 0 Å². The van der Waals surface area contributed by atoms with Crippen molar-refractivity contribution < 1.29 is 9.18 Å².